The average Bonchev–Trinajstić information content (AvgIpc) is 2.94. The van der Waals surface area contributed by atoms with Gasteiger partial charge in [-0.05, 0) is 51.6 Å². The van der Waals surface area contributed by atoms with E-state index in [1.165, 1.54) is 32.1 Å². The Morgan fingerprint density at radius 3 is 2.59 bits per heavy atom. The van der Waals surface area contributed by atoms with Crippen molar-refractivity contribution in [2.75, 3.05) is 26.2 Å². The van der Waals surface area contributed by atoms with E-state index in [1.807, 2.05) is 0 Å². The van der Waals surface area contributed by atoms with E-state index in [0.717, 1.165) is 44.3 Å². The van der Waals surface area contributed by atoms with E-state index in [4.69, 9.17) is 4.52 Å². The third kappa shape index (κ3) is 3.05. The summed E-state index contributed by atoms with van der Waals surface area (Å²) in [5, 5.41) is 13.6. The Bertz CT molecular complexity index is 502. The minimum absolute atomic E-state index is 0.294. The van der Waals surface area contributed by atoms with Crippen molar-refractivity contribution in [3.8, 4) is 0 Å². The van der Waals surface area contributed by atoms with Crippen LogP contribution in [0.3, 0.4) is 0 Å². The van der Waals surface area contributed by atoms with E-state index >= 15 is 0 Å². The Morgan fingerprint density at radius 2 is 1.82 bits per heavy atom. The van der Waals surface area contributed by atoms with E-state index in [2.05, 4.69) is 19.9 Å². The number of aliphatic hydroxyl groups excluding tert-OH is 1. The highest BCUT2D eigenvalue weighted by Crippen LogP contribution is 2.39. The van der Waals surface area contributed by atoms with Gasteiger partial charge in [0.1, 0.15) is 0 Å². The smallest absolute Gasteiger partial charge is 0.229 e. The topological polar surface area (TPSA) is 65.6 Å². The van der Waals surface area contributed by atoms with E-state index in [0.29, 0.717) is 24.6 Å². The Balaban J connectivity index is 1.35. The molecule has 0 aromatic carbocycles. The Kier molecular flexibility index (Phi) is 4.15. The summed E-state index contributed by atoms with van der Waals surface area (Å²) < 4.78 is 5.37. The van der Waals surface area contributed by atoms with Crippen molar-refractivity contribution in [2.24, 2.45) is 0 Å². The number of nitrogens with zero attached hydrogens (tertiary/aromatic N) is 4. The van der Waals surface area contributed by atoms with E-state index in [-0.39, 0.29) is 0 Å². The SMILES string of the molecule is OC[C@H]1CCCN1C[C@@H]1CCCN1Cc1noc(C2CC2)n1. The number of hydrogen-bond donors (Lipinski definition) is 1. The largest absolute Gasteiger partial charge is 0.395 e. The molecule has 122 valence electrons. The molecule has 1 N–H and O–H groups in total. The van der Waals surface area contributed by atoms with Gasteiger partial charge in [0, 0.05) is 24.5 Å². The average molecular weight is 306 g/mol. The first-order valence-electron chi connectivity index (χ1n) is 8.75. The van der Waals surface area contributed by atoms with Crippen LogP contribution in [0.1, 0.15) is 56.2 Å². The molecule has 6 heteroatoms. The maximum atomic E-state index is 9.48. The molecule has 0 radical (unpaired) electrons. The van der Waals surface area contributed by atoms with Crippen molar-refractivity contribution in [3.63, 3.8) is 0 Å². The van der Waals surface area contributed by atoms with Crippen molar-refractivity contribution < 1.29 is 9.63 Å². The molecule has 0 unspecified atom stereocenters. The third-order valence-corrected chi connectivity index (χ3v) is 5.41. The van der Waals surface area contributed by atoms with Crippen LogP contribution in [-0.4, -0.2) is 63.4 Å². The highest BCUT2D eigenvalue weighted by Gasteiger charge is 2.33. The number of aliphatic hydroxyl groups is 1. The highest BCUT2D eigenvalue weighted by atomic mass is 16.5. The van der Waals surface area contributed by atoms with Gasteiger partial charge in [-0.25, -0.2) is 0 Å². The van der Waals surface area contributed by atoms with Crippen LogP contribution in [0.15, 0.2) is 4.52 Å². The Labute approximate surface area is 131 Å². The Morgan fingerprint density at radius 1 is 1.05 bits per heavy atom. The maximum absolute atomic E-state index is 9.48. The van der Waals surface area contributed by atoms with Gasteiger partial charge in [0.2, 0.25) is 5.89 Å². The van der Waals surface area contributed by atoms with Crippen molar-refractivity contribution in [1.29, 1.82) is 0 Å². The Hall–Kier alpha value is -0.980. The second-order valence-electron chi connectivity index (χ2n) is 7.06. The van der Waals surface area contributed by atoms with Gasteiger partial charge in [0.25, 0.3) is 0 Å². The zero-order valence-corrected chi connectivity index (χ0v) is 13.2. The van der Waals surface area contributed by atoms with Gasteiger partial charge in [0.15, 0.2) is 5.82 Å². The van der Waals surface area contributed by atoms with Gasteiger partial charge >= 0.3 is 0 Å². The van der Waals surface area contributed by atoms with Crippen LogP contribution in [-0.2, 0) is 6.54 Å². The number of likely N-dealkylation sites (tertiary alicyclic amines) is 2. The van der Waals surface area contributed by atoms with Crippen LogP contribution in [0, 0.1) is 0 Å². The fraction of sp³-hybridized carbons (Fsp3) is 0.875. The fourth-order valence-corrected chi connectivity index (χ4v) is 3.93. The van der Waals surface area contributed by atoms with E-state index in [9.17, 15) is 5.11 Å². The van der Waals surface area contributed by atoms with Gasteiger partial charge in [-0.15, -0.1) is 0 Å². The summed E-state index contributed by atoms with van der Waals surface area (Å²) in [4.78, 5) is 9.52. The van der Waals surface area contributed by atoms with Crippen LogP contribution in [0.2, 0.25) is 0 Å². The first-order valence-corrected chi connectivity index (χ1v) is 8.75. The van der Waals surface area contributed by atoms with Crippen LogP contribution in [0.5, 0.6) is 0 Å². The van der Waals surface area contributed by atoms with E-state index in [1.54, 1.807) is 0 Å². The lowest BCUT2D eigenvalue weighted by atomic mass is 10.2. The van der Waals surface area contributed by atoms with Gasteiger partial charge in [-0.3, -0.25) is 9.80 Å². The molecule has 6 nitrogen and oxygen atoms in total. The van der Waals surface area contributed by atoms with E-state index < -0.39 is 0 Å². The summed E-state index contributed by atoms with van der Waals surface area (Å²) in [6.07, 6.45) is 7.24. The summed E-state index contributed by atoms with van der Waals surface area (Å²) >= 11 is 0. The van der Waals surface area contributed by atoms with Gasteiger partial charge < -0.3 is 9.63 Å². The zero-order chi connectivity index (χ0) is 14.9. The van der Waals surface area contributed by atoms with Crippen molar-refractivity contribution in [3.05, 3.63) is 11.7 Å². The molecule has 1 aromatic heterocycles. The quantitative estimate of drug-likeness (QED) is 0.856. The molecule has 0 amide bonds. The van der Waals surface area contributed by atoms with Crippen LogP contribution in [0.4, 0.5) is 0 Å². The molecule has 4 rings (SSSR count). The zero-order valence-electron chi connectivity index (χ0n) is 13.2. The molecule has 0 bridgehead atoms. The minimum Gasteiger partial charge on any atom is -0.395 e. The van der Waals surface area contributed by atoms with Gasteiger partial charge in [0.05, 0.1) is 13.2 Å². The standard InChI is InChI=1S/C16H26N4O2/c21-11-14-4-2-7-19(14)9-13-3-1-8-20(13)10-15-17-16(22-18-15)12-5-6-12/h12-14,21H,1-11H2/t13-,14+/m0/s1. The summed E-state index contributed by atoms with van der Waals surface area (Å²) in [5.74, 6) is 2.21. The lowest BCUT2D eigenvalue weighted by Gasteiger charge is -2.30. The molecular weight excluding hydrogens is 280 g/mol. The molecule has 2 aliphatic heterocycles. The number of aromatic nitrogens is 2. The van der Waals surface area contributed by atoms with Crippen molar-refractivity contribution >= 4 is 0 Å². The lowest BCUT2D eigenvalue weighted by Crippen LogP contribution is -2.43. The number of hydrogen-bond acceptors (Lipinski definition) is 6. The predicted molar refractivity (Wildman–Crippen MR) is 81.4 cm³/mol. The molecule has 1 saturated carbocycles. The summed E-state index contributed by atoms with van der Waals surface area (Å²) in [5.41, 5.74) is 0. The molecule has 1 aliphatic carbocycles. The molecular formula is C16H26N4O2. The molecule has 22 heavy (non-hydrogen) atoms. The lowest BCUT2D eigenvalue weighted by molar-refractivity contribution is 0.118. The van der Waals surface area contributed by atoms with Gasteiger partial charge in [-0.2, -0.15) is 4.98 Å². The summed E-state index contributed by atoms with van der Waals surface area (Å²) in [6.45, 7) is 4.42. The van der Waals surface area contributed by atoms with Crippen LogP contribution < -0.4 is 0 Å². The molecule has 1 aromatic rings. The molecule has 3 fully saturated rings. The molecule has 3 aliphatic rings. The summed E-state index contributed by atoms with van der Waals surface area (Å²) in [6, 6.07) is 0.934. The number of rotatable bonds is 6. The minimum atomic E-state index is 0.294. The highest BCUT2D eigenvalue weighted by molar-refractivity contribution is 5.02. The van der Waals surface area contributed by atoms with Gasteiger partial charge in [-0.1, -0.05) is 5.16 Å². The second kappa shape index (κ2) is 6.26. The molecule has 2 atom stereocenters. The normalized spacial score (nSPS) is 30.4. The van der Waals surface area contributed by atoms with Crippen LogP contribution in [0.25, 0.3) is 0 Å². The first kappa shape index (κ1) is 14.6. The van der Waals surface area contributed by atoms with Crippen molar-refractivity contribution in [2.45, 2.75) is 63.1 Å². The molecule has 0 spiro atoms. The molecule has 2 saturated heterocycles. The summed E-state index contributed by atoms with van der Waals surface area (Å²) in [7, 11) is 0. The maximum Gasteiger partial charge on any atom is 0.229 e. The molecule has 3 heterocycles. The van der Waals surface area contributed by atoms with Crippen LogP contribution >= 0.6 is 0 Å². The predicted octanol–water partition coefficient (Wildman–Crippen LogP) is 1.37. The third-order valence-electron chi connectivity index (χ3n) is 5.41. The second-order valence-corrected chi connectivity index (χ2v) is 7.06. The fourth-order valence-electron chi connectivity index (χ4n) is 3.93. The monoisotopic (exact) mass is 306 g/mol. The van der Waals surface area contributed by atoms with Crippen molar-refractivity contribution in [1.82, 2.24) is 19.9 Å². The first-order chi connectivity index (χ1) is 10.8.